The average Bonchev–Trinajstić information content (AvgIpc) is 3.26. The quantitative estimate of drug-likeness (QED) is 0.0264. The summed E-state index contributed by atoms with van der Waals surface area (Å²) in [5.41, 5.74) is 0. The van der Waals surface area contributed by atoms with Crippen molar-refractivity contribution < 1.29 is 28.6 Å². The lowest BCUT2D eigenvalue weighted by molar-refractivity contribution is -0.166. The zero-order chi connectivity index (χ0) is 44.4. The summed E-state index contributed by atoms with van der Waals surface area (Å²) in [6, 6.07) is 0. The number of allylic oxidation sites excluding steroid dienone is 17. The molecule has 0 aliphatic carbocycles. The fraction of sp³-hybridized carbons (Fsp3) is 0.618. The van der Waals surface area contributed by atoms with Gasteiger partial charge in [0.15, 0.2) is 6.10 Å². The smallest absolute Gasteiger partial charge is 0.309 e. The van der Waals surface area contributed by atoms with Crippen molar-refractivity contribution in [1.82, 2.24) is 0 Å². The normalized spacial score (nSPS) is 13.0. The number of unbranched alkanes of at least 4 members (excludes halogenated alkanes) is 14. The Morgan fingerprint density at radius 1 is 0.361 bits per heavy atom. The Morgan fingerprint density at radius 2 is 0.721 bits per heavy atom. The first-order valence-corrected chi connectivity index (χ1v) is 24.4. The van der Waals surface area contributed by atoms with Gasteiger partial charge in [0.2, 0.25) is 0 Å². The molecule has 0 fully saturated rings. The second-order valence-electron chi connectivity index (χ2n) is 15.6. The molecule has 0 heterocycles. The molecule has 6 nitrogen and oxygen atoms in total. The van der Waals surface area contributed by atoms with Gasteiger partial charge in [0.25, 0.3) is 0 Å². The van der Waals surface area contributed by atoms with Gasteiger partial charge in [0.05, 0.1) is 6.42 Å². The SMILES string of the molecule is CC/C=C\C/C=C\C/C=C\CC(=O)OCC(COC(=O)CCC/C=C\C/C=C\C/C=C\C/C=C\CCCCC)OC(=O)CCCCCCCCC/C=C\C/C=C\CCCCC. The van der Waals surface area contributed by atoms with Crippen LogP contribution in [0.5, 0.6) is 0 Å². The van der Waals surface area contributed by atoms with Gasteiger partial charge in [-0.1, -0.05) is 188 Å². The van der Waals surface area contributed by atoms with Crippen molar-refractivity contribution in [3.63, 3.8) is 0 Å². The van der Waals surface area contributed by atoms with Gasteiger partial charge >= 0.3 is 17.9 Å². The Bertz CT molecular complexity index is 1290. The molecule has 0 rings (SSSR count). The summed E-state index contributed by atoms with van der Waals surface area (Å²) in [5.74, 6) is -1.13. The van der Waals surface area contributed by atoms with E-state index < -0.39 is 12.1 Å². The van der Waals surface area contributed by atoms with Crippen molar-refractivity contribution >= 4 is 17.9 Å². The van der Waals surface area contributed by atoms with Gasteiger partial charge in [-0.05, 0) is 103 Å². The minimum Gasteiger partial charge on any atom is -0.462 e. The third-order valence-corrected chi connectivity index (χ3v) is 9.76. The maximum Gasteiger partial charge on any atom is 0.309 e. The highest BCUT2D eigenvalue weighted by Gasteiger charge is 2.19. The van der Waals surface area contributed by atoms with E-state index in [1.807, 2.05) is 6.08 Å². The Kier molecular flexibility index (Phi) is 45.6. The summed E-state index contributed by atoms with van der Waals surface area (Å²) in [4.78, 5) is 37.7. The number of esters is 3. The second-order valence-corrected chi connectivity index (χ2v) is 15.6. The van der Waals surface area contributed by atoms with Crippen LogP contribution in [0.3, 0.4) is 0 Å². The molecular formula is C55H88O6. The lowest BCUT2D eigenvalue weighted by atomic mass is 10.1. The summed E-state index contributed by atoms with van der Waals surface area (Å²) < 4.78 is 16.6. The van der Waals surface area contributed by atoms with Gasteiger partial charge in [-0.25, -0.2) is 0 Å². The third kappa shape index (κ3) is 47.0. The lowest BCUT2D eigenvalue weighted by Crippen LogP contribution is -2.30. The number of carbonyl (C=O) groups is 3. The molecule has 0 bridgehead atoms. The van der Waals surface area contributed by atoms with Crippen molar-refractivity contribution in [2.75, 3.05) is 13.2 Å². The molecule has 1 unspecified atom stereocenters. The van der Waals surface area contributed by atoms with E-state index >= 15 is 0 Å². The van der Waals surface area contributed by atoms with Gasteiger partial charge in [-0.3, -0.25) is 14.4 Å². The number of hydrogen-bond acceptors (Lipinski definition) is 6. The van der Waals surface area contributed by atoms with Crippen LogP contribution in [-0.4, -0.2) is 37.2 Å². The zero-order valence-electron chi connectivity index (χ0n) is 39.1. The number of rotatable bonds is 42. The van der Waals surface area contributed by atoms with Crippen molar-refractivity contribution in [2.24, 2.45) is 0 Å². The first-order valence-electron chi connectivity index (χ1n) is 24.4. The predicted molar refractivity (Wildman–Crippen MR) is 260 cm³/mol. The molecule has 0 saturated heterocycles. The molecule has 0 radical (unpaired) electrons. The molecule has 344 valence electrons. The van der Waals surface area contributed by atoms with Gasteiger partial charge in [-0.2, -0.15) is 0 Å². The Balaban J connectivity index is 4.51. The fourth-order valence-corrected chi connectivity index (χ4v) is 6.11. The molecule has 0 aromatic carbocycles. The van der Waals surface area contributed by atoms with Crippen LogP contribution in [0.15, 0.2) is 109 Å². The van der Waals surface area contributed by atoms with E-state index in [9.17, 15) is 14.4 Å². The zero-order valence-corrected chi connectivity index (χ0v) is 39.1. The van der Waals surface area contributed by atoms with E-state index in [2.05, 4.69) is 118 Å². The molecular weight excluding hydrogens is 757 g/mol. The summed E-state index contributed by atoms with van der Waals surface area (Å²) in [7, 11) is 0. The number of ether oxygens (including phenoxy) is 3. The van der Waals surface area contributed by atoms with E-state index in [0.717, 1.165) is 83.5 Å². The van der Waals surface area contributed by atoms with Crippen LogP contribution >= 0.6 is 0 Å². The lowest BCUT2D eigenvalue weighted by Gasteiger charge is -2.18. The van der Waals surface area contributed by atoms with E-state index in [0.29, 0.717) is 6.42 Å². The summed E-state index contributed by atoms with van der Waals surface area (Å²) in [5, 5.41) is 0. The minimum atomic E-state index is -0.840. The molecule has 61 heavy (non-hydrogen) atoms. The first-order chi connectivity index (χ1) is 30.0. The predicted octanol–water partition coefficient (Wildman–Crippen LogP) is 16.0. The first kappa shape index (κ1) is 57.1. The average molecular weight is 845 g/mol. The van der Waals surface area contributed by atoms with E-state index in [1.54, 1.807) is 6.08 Å². The molecule has 0 aromatic heterocycles. The Labute approximate surface area is 374 Å². The summed E-state index contributed by atoms with van der Waals surface area (Å²) in [6.07, 6.45) is 65.4. The second kappa shape index (κ2) is 48.7. The number of carbonyl (C=O) groups excluding carboxylic acids is 3. The van der Waals surface area contributed by atoms with Crippen LogP contribution in [-0.2, 0) is 28.6 Å². The van der Waals surface area contributed by atoms with Crippen LogP contribution in [0.2, 0.25) is 0 Å². The van der Waals surface area contributed by atoms with Crippen LogP contribution in [0.4, 0.5) is 0 Å². The summed E-state index contributed by atoms with van der Waals surface area (Å²) in [6.45, 7) is 6.29. The molecule has 0 aromatic rings. The molecule has 0 N–H and O–H groups in total. The van der Waals surface area contributed by atoms with Crippen LogP contribution in [0, 0.1) is 0 Å². The molecule has 1 atom stereocenters. The molecule has 0 amide bonds. The van der Waals surface area contributed by atoms with E-state index in [-0.39, 0.29) is 44.4 Å². The monoisotopic (exact) mass is 845 g/mol. The molecule has 0 spiro atoms. The van der Waals surface area contributed by atoms with Gasteiger partial charge in [0, 0.05) is 12.8 Å². The van der Waals surface area contributed by atoms with E-state index in [4.69, 9.17) is 14.2 Å². The molecule has 0 aliphatic heterocycles. The van der Waals surface area contributed by atoms with Crippen LogP contribution < -0.4 is 0 Å². The third-order valence-electron chi connectivity index (χ3n) is 9.76. The van der Waals surface area contributed by atoms with Crippen LogP contribution in [0.1, 0.15) is 201 Å². The standard InChI is InChI=1S/C55H88O6/c1-4-7-10-13-16-19-21-23-25-27-29-31-33-36-39-42-45-48-54(57)60-51-52(50-59-53(56)47-44-41-38-35-18-15-12-9-6-3)61-55(58)49-46-43-40-37-34-32-30-28-26-24-22-20-17-14-11-8-5-2/h9,12,16-20,23-26,29,31,35-36,39,41,44,52H,4-8,10-11,13-15,21-22,27-28,30,32-34,37-38,40,42-43,45-51H2,1-3H3/b12-9-,19-16-,20-17-,25-23-,26-24-,31-29-,35-18-,39-36-,44-41-. The van der Waals surface area contributed by atoms with Crippen molar-refractivity contribution in [1.29, 1.82) is 0 Å². The highest BCUT2D eigenvalue weighted by molar-refractivity contribution is 5.72. The molecule has 0 aliphatic rings. The summed E-state index contributed by atoms with van der Waals surface area (Å²) >= 11 is 0. The fourth-order valence-electron chi connectivity index (χ4n) is 6.11. The number of hydrogen-bond donors (Lipinski definition) is 0. The highest BCUT2D eigenvalue weighted by atomic mass is 16.6. The van der Waals surface area contributed by atoms with Gasteiger partial charge < -0.3 is 14.2 Å². The van der Waals surface area contributed by atoms with Crippen molar-refractivity contribution in [3.05, 3.63) is 109 Å². The Morgan fingerprint density at radius 3 is 1.20 bits per heavy atom. The van der Waals surface area contributed by atoms with E-state index in [1.165, 1.54) is 70.6 Å². The minimum absolute atomic E-state index is 0.120. The molecule has 6 heteroatoms. The highest BCUT2D eigenvalue weighted by Crippen LogP contribution is 2.12. The maximum atomic E-state index is 12.8. The Hall–Kier alpha value is -3.93. The topological polar surface area (TPSA) is 78.9 Å². The largest absolute Gasteiger partial charge is 0.462 e. The van der Waals surface area contributed by atoms with Gasteiger partial charge in [0.1, 0.15) is 13.2 Å². The molecule has 0 saturated carbocycles. The van der Waals surface area contributed by atoms with Crippen molar-refractivity contribution in [3.8, 4) is 0 Å². The maximum absolute atomic E-state index is 12.8. The van der Waals surface area contributed by atoms with Crippen LogP contribution in [0.25, 0.3) is 0 Å². The van der Waals surface area contributed by atoms with Crippen molar-refractivity contribution in [2.45, 2.75) is 207 Å². The van der Waals surface area contributed by atoms with Gasteiger partial charge in [-0.15, -0.1) is 0 Å².